The SMILES string of the molecule is CCCCCCCCCCCCCCCCCCOCC1COC(CCCCCCC)O1. The van der Waals surface area contributed by atoms with Crippen molar-refractivity contribution in [3.05, 3.63) is 0 Å². The molecule has 1 fully saturated rings. The Labute approximate surface area is 201 Å². The second-order valence-corrected chi connectivity index (χ2v) is 10.1. The molecule has 2 unspecified atom stereocenters. The van der Waals surface area contributed by atoms with Crippen LogP contribution in [0.15, 0.2) is 0 Å². The maximum atomic E-state index is 5.95. The molecular formula is C29H58O3. The van der Waals surface area contributed by atoms with Gasteiger partial charge in [-0.1, -0.05) is 136 Å². The summed E-state index contributed by atoms with van der Waals surface area (Å²) < 4.78 is 17.5. The summed E-state index contributed by atoms with van der Waals surface area (Å²) in [5, 5.41) is 0. The lowest BCUT2D eigenvalue weighted by Crippen LogP contribution is -2.19. The molecule has 0 aliphatic carbocycles. The maximum Gasteiger partial charge on any atom is 0.158 e. The van der Waals surface area contributed by atoms with E-state index in [1.165, 1.54) is 135 Å². The Balaban J connectivity index is 1.72. The van der Waals surface area contributed by atoms with Crippen LogP contribution in [-0.2, 0) is 14.2 Å². The third-order valence-electron chi connectivity index (χ3n) is 6.80. The van der Waals surface area contributed by atoms with Crippen LogP contribution >= 0.6 is 0 Å². The van der Waals surface area contributed by atoms with Crippen molar-refractivity contribution in [2.45, 2.75) is 167 Å². The minimum atomic E-state index is 0.0146. The molecule has 192 valence electrons. The molecule has 3 heteroatoms. The van der Waals surface area contributed by atoms with Crippen LogP contribution < -0.4 is 0 Å². The zero-order valence-electron chi connectivity index (χ0n) is 22.1. The molecular weight excluding hydrogens is 396 g/mol. The van der Waals surface area contributed by atoms with Crippen molar-refractivity contribution >= 4 is 0 Å². The third-order valence-corrected chi connectivity index (χ3v) is 6.80. The standard InChI is InChI=1S/C29H58O3/c1-3-5-7-9-10-11-12-13-14-15-16-17-18-19-21-23-25-30-26-28-27-31-29(32-28)24-22-20-8-6-4-2/h28-29H,3-27H2,1-2H3. The molecule has 0 amide bonds. The van der Waals surface area contributed by atoms with Gasteiger partial charge in [0.25, 0.3) is 0 Å². The molecule has 1 aliphatic heterocycles. The number of unbranched alkanes of at least 4 members (excludes halogenated alkanes) is 19. The summed E-state index contributed by atoms with van der Waals surface area (Å²) in [4.78, 5) is 0. The molecule has 3 nitrogen and oxygen atoms in total. The van der Waals surface area contributed by atoms with E-state index in [1.54, 1.807) is 0 Å². The topological polar surface area (TPSA) is 27.7 Å². The minimum Gasteiger partial charge on any atom is -0.379 e. The fourth-order valence-electron chi connectivity index (χ4n) is 4.63. The largest absolute Gasteiger partial charge is 0.379 e. The molecule has 0 radical (unpaired) electrons. The molecule has 1 heterocycles. The van der Waals surface area contributed by atoms with Crippen molar-refractivity contribution in [1.82, 2.24) is 0 Å². The lowest BCUT2D eigenvalue weighted by atomic mass is 10.0. The van der Waals surface area contributed by atoms with Gasteiger partial charge in [-0.15, -0.1) is 0 Å². The molecule has 0 saturated carbocycles. The number of ether oxygens (including phenoxy) is 3. The van der Waals surface area contributed by atoms with Gasteiger partial charge in [-0.3, -0.25) is 0 Å². The van der Waals surface area contributed by atoms with E-state index in [0.717, 1.165) is 13.0 Å². The lowest BCUT2D eigenvalue weighted by Gasteiger charge is -2.12. The van der Waals surface area contributed by atoms with Gasteiger partial charge in [0.1, 0.15) is 6.10 Å². The van der Waals surface area contributed by atoms with Crippen LogP contribution in [0.4, 0.5) is 0 Å². The Morgan fingerprint density at radius 1 is 0.562 bits per heavy atom. The molecule has 0 spiro atoms. The molecule has 0 aromatic carbocycles. The first-order chi connectivity index (χ1) is 15.9. The van der Waals surface area contributed by atoms with Crippen LogP contribution in [0, 0.1) is 0 Å². The predicted molar refractivity (Wildman–Crippen MR) is 138 cm³/mol. The highest BCUT2D eigenvalue weighted by Gasteiger charge is 2.25. The van der Waals surface area contributed by atoms with Crippen molar-refractivity contribution in [2.75, 3.05) is 19.8 Å². The van der Waals surface area contributed by atoms with Gasteiger partial charge in [0.2, 0.25) is 0 Å². The lowest BCUT2D eigenvalue weighted by molar-refractivity contribution is -0.0761. The molecule has 0 aromatic rings. The highest BCUT2D eigenvalue weighted by atomic mass is 16.7. The maximum absolute atomic E-state index is 5.95. The number of hydrogen-bond acceptors (Lipinski definition) is 3. The van der Waals surface area contributed by atoms with Crippen LogP contribution in [0.3, 0.4) is 0 Å². The van der Waals surface area contributed by atoms with Gasteiger partial charge < -0.3 is 14.2 Å². The average molecular weight is 455 g/mol. The molecule has 1 aliphatic rings. The fourth-order valence-corrected chi connectivity index (χ4v) is 4.63. The van der Waals surface area contributed by atoms with Crippen LogP contribution in [0.1, 0.15) is 155 Å². The summed E-state index contributed by atoms with van der Waals surface area (Å²) in [6, 6.07) is 0. The first-order valence-corrected chi connectivity index (χ1v) is 14.7. The van der Waals surface area contributed by atoms with Gasteiger partial charge in [0, 0.05) is 6.61 Å². The predicted octanol–water partition coefficient (Wildman–Crippen LogP) is 9.37. The van der Waals surface area contributed by atoms with Crippen LogP contribution in [-0.4, -0.2) is 32.2 Å². The Morgan fingerprint density at radius 3 is 1.50 bits per heavy atom. The Kier molecular flexibility index (Phi) is 22.5. The Bertz CT molecular complexity index is 360. The van der Waals surface area contributed by atoms with Crippen LogP contribution in [0.5, 0.6) is 0 Å². The van der Waals surface area contributed by atoms with E-state index in [9.17, 15) is 0 Å². The van der Waals surface area contributed by atoms with Crippen LogP contribution in [0.2, 0.25) is 0 Å². The summed E-state index contributed by atoms with van der Waals surface area (Å²) in [7, 11) is 0. The molecule has 0 bridgehead atoms. The van der Waals surface area contributed by atoms with E-state index in [4.69, 9.17) is 14.2 Å². The summed E-state index contributed by atoms with van der Waals surface area (Å²) in [5.41, 5.74) is 0. The quantitative estimate of drug-likeness (QED) is 0.129. The molecule has 1 rings (SSSR count). The molecule has 1 saturated heterocycles. The van der Waals surface area contributed by atoms with Crippen molar-refractivity contribution in [1.29, 1.82) is 0 Å². The van der Waals surface area contributed by atoms with E-state index in [2.05, 4.69) is 13.8 Å². The van der Waals surface area contributed by atoms with Gasteiger partial charge in [-0.05, 0) is 19.3 Å². The number of hydrogen-bond donors (Lipinski definition) is 0. The van der Waals surface area contributed by atoms with Crippen LogP contribution in [0.25, 0.3) is 0 Å². The highest BCUT2D eigenvalue weighted by Crippen LogP contribution is 2.18. The normalized spacial score (nSPS) is 18.6. The smallest absolute Gasteiger partial charge is 0.158 e. The summed E-state index contributed by atoms with van der Waals surface area (Å²) in [5.74, 6) is 0. The molecule has 32 heavy (non-hydrogen) atoms. The fraction of sp³-hybridized carbons (Fsp3) is 1.00. The summed E-state index contributed by atoms with van der Waals surface area (Å²) >= 11 is 0. The molecule has 0 aromatic heterocycles. The van der Waals surface area contributed by atoms with Crippen molar-refractivity contribution in [3.8, 4) is 0 Å². The Morgan fingerprint density at radius 2 is 1.00 bits per heavy atom. The van der Waals surface area contributed by atoms with E-state index in [0.29, 0.717) is 13.2 Å². The average Bonchev–Trinajstić information content (AvgIpc) is 3.25. The van der Waals surface area contributed by atoms with E-state index >= 15 is 0 Å². The second kappa shape index (κ2) is 24.0. The van der Waals surface area contributed by atoms with E-state index in [-0.39, 0.29) is 12.4 Å². The van der Waals surface area contributed by atoms with Gasteiger partial charge in [-0.25, -0.2) is 0 Å². The monoisotopic (exact) mass is 454 g/mol. The van der Waals surface area contributed by atoms with Gasteiger partial charge in [0.15, 0.2) is 6.29 Å². The molecule has 2 atom stereocenters. The summed E-state index contributed by atoms with van der Waals surface area (Å²) in [6.45, 7) is 6.83. The zero-order chi connectivity index (χ0) is 23.0. The van der Waals surface area contributed by atoms with Crippen molar-refractivity contribution in [3.63, 3.8) is 0 Å². The van der Waals surface area contributed by atoms with E-state index < -0.39 is 0 Å². The minimum absolute atomic E-state index is 0.0146. The van der Waals surface area contributed by atoms with Gasteiger partial charge in [-0.2, -0.15) is 0 Å². The summed E-state index contributed by atoms with van der Waals surface area (Å²) in [6.07, 6.45) is 30.3. The second-order valence-electron chi connectivity index (χ2n) is 10.1. The van der Waals surface area contributed by atoms with Crippen molar-refractivity contribution < 1.29 is 14.2 Å². The highest BCUT2D eigenvalue weighted by molar-refractivity contribution is 4.65. The number of rotatable bonds is 25. The van der Waals surface area contributed by atoms with Gasteiger partial charge in [0.05, 0.1) is 13.2 Å². The first kappa shape index (κ1) is 29.9. The van der Waals surface area contributed by atoms with E-state index in [1.807, 2.05) is 0 Å². The third kappa shape index (κ3) is 19.4. The first-order valence-electron chi connectivity index (χ1n) is 14.7. The van der Waals surface area contributed by atoms with Crippen molar-refractivity contribution in [2.24, 2.45) is 0 Å². The Hall–Kier alpha value is -0.120. The van der Waals surface area contributed by atoms with Gasteiger partial charge >= 0.3 is 0 Å². The molecule has 0 N–H and O–H groups in total. The zero-order valence-corrected chi connectivity index (χ0v) is 22.1.